The Balaban J connectivity index is 1.57. The molecule has 1 aliphatic rings. The Labute approximate surface area is 211 Å². The zero-order chi connectivity index (χ0) is 26.8. The van der Waals surface area contributed by atoms with Crippen LogP contribution in [-0.4, -0.2) is 35.6 Å². The number of hydrogen-bond acceptors (Lipinski definition) is 6. The number of hydrogen-bond donors (Lipinski definition) is 2. The lowest BCUT2D eigenvalue weighted by Gasteiger charge is -2.26. The summed E-state index contributed by atoms with van der Waals surface area (Å²) in [5.41, 5.74) is -0.616. The maximum Gasteiger partial charge on any atom is 0.418 e. The Morgan fingerprint density at radius 1 is 1.00 bits per heavy atom. The summed E-state index contributed by atoms with van der Waals surface area (Å²) in [6.45, 7) is 1.64. The Morgan fingerprint density at radius 2 is 1.70 bits per heavy atom. The second kappa shape index (κ2) is 10.4. The number of carboxylic acids is 1. The molecule has 0 amide bonds. The smallest absolute Gasteiger partial charge is 0.418 e. The van der Waals surface area contributed by atoms with Crippen LogP contribution in [0.25, 0.3) is 11.3 Å². The molecule has 0 radical (unpaired) electrons. The van der Waals surface area contributed by atoms with Gasteiger partial charge in [-0.3, -0.25) is 9.52 Å². The number of halogens is 3. The van der Waals surface area contributed by atoms with Gasteiger partial charge in [0.25, 0.3) is 10.0 Å². The summed E-state index contributed by atoms with van der Waals surface area (Å²) < 4.78 is 75.0. The van der Waals surface area contributed by atoms with Gasteiger partial charge in [-0.15, -0.1) is 0 Å². The zero-order valence-corrected chi connectivity index (χ0v) is 20.5. The Bertz CT molecular complexity index is 1400. The third-order valence-corrected chi connectivity index (χ3v) is 7.38. The van der Waals surface area contributed by atoms with Gasteiger partial charge in [0.1, 0.15) is 11.9 Å². The van der Waals surface area contributed by atoms with Crippen molar-refractivity contribution >= 4 is 21.8 Å². The quantitative estimate of drug-likeness (QED) is 0.422. The van der Waals surface area contributed by atoms with Crippen molar-refractivity contribution in [1.29, 1.82) is 0 Å². The molecule has 0 atom stereocenters. The highest BCUT2D eigenvalue weighted by molar-refractivity contribution is 7.92. The average Bonchev–Trinajstić information content (AvgIpc) is 2.84. The van der Waals surface area contributed by atoms with E-state index in [0.717, 1.165) is 12.1 Å². The molecule has 0 aliphatic heterocycles. The second-order valence-corrected chi connectivity index (χ2v) is 10.4. The van der Waals surface area contributed by atoms with Gasteiger partial charge >= 0.3 is 12.1 Å². The van der Waals surface area contributed by atoms with Gasteiger partial charge in [0.15, 0.2) is 5.03 Å². The van der Waals surface area contributed by atoms with Gasteiger partial charge < -0.3 is 9.84 Å². The van der Waals surface area contributed by atoms with Crippen molar-refractivity contribution in [3.63, 3.8) is 0 Å². The fraction of sp³-hybridized carbons (Fsp3) is 0.320. The minimum atomic E-state index is -4.70. The van der Waals surface area contributed by atoms with Crippen LogP contribution in [-0.2, 0) is 21.0 Å². The lowest BCUT2D eigenvalue weighted by Crippen LogP contribution is -2.28. The molecule has 8 nitrogen and oxygen atoms in total. The number of nitrogens with zero attached hydrogens (tertiary/aromatic N) is 2. The monoisotopic (exact) mass is 535 g/mol. The molecule has 2 N–H and O–H groups in total. The maximum absolute atomic E-state index is 13.7. The summed E-state index contributed by atoms with van der Waals surface area (Å²) >= 11 is 0. The number of benzene rings is 1. The average molecular weight is 536 g/mol. The first-order valence-corrected chi connectivity index (χ1v) is 13.0. The molecule has 196 valence electrons. The van der Waals surface area contributed by atoms with E-state index in [1.54, 1.807) is 25.1 Å². The van der Waals surface area contributed by atoms with Gasteiger partial charge in [0.2, 0.25) is 5.88 Å². The predicted octanol–water partition coefficient (Wildman–Crippen LogP) is 5.29. The summed E-state index contributed by atoms with van der Waals surface area (Å²) in [4.78, 5) is 19.2. The number of sulfonamides is 1. The molecule has 0 spiro atoms. The van der Waals surface area contributed by atoms with Crippen molar-refractivity contribution in [2.45, 2.75) is 49.9 Å². The topological polar surface area (TPSA) is 118 Å². The van der Waals surface area contributed by atoms with Crippen molar-refractivity contribution in [2.75, 3.05) is 4.72 Å². The van der Waals surface area contributed by atoms with Crippen LogP contribution >= 0.6 is 0 Å². The molecule has 1 aromatic carbocycles. The highest BCUT2D eigenvalue weighted by Crippen LogP contribution is 2.38. The molecule has 12 heteroatoms. The van der Waals surface area contributed by atoms with Gasteiger partial charge in [-0.25, -0.2) is 4.98 Å². The number of carbonyl (C=O) groups is 1. The number of anilines is 1. The number of carboxylic acid groups (broad SMARTS) is 1. The fourth-order valence-corrected chi connectivity index (χ4v) is 5.15. The number of aliphatic carboxylic acids is 1. The highest BCUT2D eigenvalue weighted by atomic mass is 32.2. The molecule has 0 saturated heterocycles. The number of pyridine rings is 2. The van der Waals surface area contributed by atoms with Crippen molar-refractivity contribution < 1.29 is 36.2 Å². The highest BCUT2D eigenvalue weighted by Gasteiger charge is 2.35. The van der Waals surface area contributed by atoms with E-state index < -0.39 is 44.4 Å². The third kappa shape index (κ3) is 6.19. The lowest BCUT2D eigenvalue weighted by molar-refractivity contribution is -0.143. The molecule has 1 saturated carbocycles. The number of rotatable bonds is 7. The molecular formula is C25H24F3N3O5S. The van der Waals surface area contributed by atoms with E-state index in [1.165, 1.54) is 24.3 Å². The first-order valence-electron chi connectivity index (χ1n) is 11.5. The minimum absolute atomic E-state index is 0.0441. The van der Waals surface area contributed by atoms with E-state index in [-0.39, 0.29) is 23.4 Å². The Kier molecular flexibility index (Phi) is 7.39. The summed E-state index contributed by atoms with van der Waals surface area (Å²) in [5.74, 6) is -1.53. The SMILES string of the molecule is Cc1ccccc1-c1nc(NS(=O)(=O)c2cccc(OC3CCC(C(=O)O)CC3)n2)ccc1C(F)(F)F. The summed E-state index contributed by atoms with van der Waals surface area (Å²) in [7, 11) is -4.32. The normalized spacial score (nSPS) is 18.3. The number of ether oxygens (including phenoxy) is 1. The summed E-state index contributed by atoms with van der Waals surface area (Å²) in [6.07, 6.45) is -3.12. The van der Waals surface area contributed by atoms with Gasteiger partial charge in [-0.1, -0.05) is 30.3 Å². The fourth-order valence-electron chi connectivity index (χ4n) is 4.19. The number of aryl methyl sites for hydroxylation is 1. The van der Waals surface area contributed by atoms with E-state index in [0.29, 0.717) is 31.2 Å². The van der Waals surface area contributed by atoms with E-state index in [2.05, 4.69) is 14.7 Å². The second-order valence-electron chi connectivity index (χ2n) is 8.75. The van der Waals surface area contributed by atoms with Crippen LogP contribution in [0.3, 0.4) is 0 Å². The Hall–Kier alpha value is -3.67. The van der Waals surface area contributed by atoms with Gasteiger partial charge in [-0.05, 0) is 56.4 Å². The standard InChI is InChI=1S/C25H24F3N3O5S/c1-15-5-2-3-6-18(15)23-19(25(26,27)28)13-14-20(29-23)31-37(34,35)22-8-4-7-21(30-22)36-17-11-9-16(10-12-17)24(32)33/h2-8,13-14,16-17H,9-12H2,1H3,(H,29,31)(H,32,33). The zero-order valence-electron chi connectivity index (χ0n) is 19.7. The van der Waals surface area contributed by atoms with Crippen molar-refractivity contribution in [3.05, 3.63) is 65.7 Å². The molecule has 2 heterocycles. The first-order chi connectivity index (χ1) is 17.4. The van der Waals surface area contributed by atoms with E-state index in [9.17, 15) is 26.4 Å². The van der Waals surface area contributed by atoms with Crippen LogP contribution in [0.5, 0.6) is 5.88 Å². The molecule has 1 aliphatic carbocycles. The van der Waals surface area contributed by atoms with Crippen molar-refractivity contribution in [3.8, 4) is 17.1 Å². The van der Waals surface area contributed by atoms with Crippen LogP contribution in [0.4, 0.5) is 19.0 Å². The van der Waals surface area contributed by atoms with Gasteiger partial charge in [-0.2, -0.15) is 26.6 Å². The largest absolute Gasteiger partial charge is 0.481 e. The Morgan fingerprint density at radius 3 is 2.35 bits per heavy atom. The molecule has 3 aromatic rings. The maximum atomic E-state index is 13.7. The van der Waals surface area contributed by atoms with Crippen LogP contribution < -0.4 is 9.46 Å². The van der Waals surface area contributed by atoms with E-state index >= 15 is 0 Å². The van der Waals surface area contributed by atoms with Gasteiger partial charge in [0, 0.05) is 11.6 Å². The van der Waals surface area contributed by atoms with Crippen LogP contribution in [0.2, 0.25) is 0 Å². The molecule has 0 unspecified atom stereocenters. The molecule has 0 bridgehead atoms. The summed E-state index contributed by atoms with van der Waals surface area (Å²) in [5, 5.41) is 8.72. The van der Waals surface area contributed by atoms with E-state index in [4.69, 9.17) is 9.84 Å². The summed E-state index contributed by atoms with van der Waals surface area (Å²) in [6, 6.07) is 12.2. The van der Waals surface area contributed by atoms with Crippen molar-refractivity contribution in [1.82, 2.24) is 9.97 Å². The molecule has 2 aromatic heterocycles. The van der Waals surface area contributed by atoms with Crippen LogP contribution in [0.15, 0.2) is 59.6 Å². The molecular weight excluding hydrogens is 511 g/mol. The van der Waals surface area contributed by atoms with Crippen molar-refractivity contribution in [2.24, 2.45) is 5.92 Å². The number of nitrogens with one attached hydrogen (secondary N) is 1. The van der Waals surface area contributed by atoms with Crippen LogP contribution in [0.1, 0.15) is 36.8 Å². The lowest BCUT2D eigenvalue weighted by atomic mass is 9.87. The number of aromatic nitrogens is 2. The predicted molar refractivity (Wildman–Crippen MR) is 128 cm³/mol. The third-order valence-electron chi connectivity index (χ3n) is 6.12. The molecule has 4 rings (SSSR count). The van der Waals surface area contributed by atoms with E-state index in [1.807, 2.05) is 0 Å². The molecule has 37 heavy (non-hydrogen) atoms. The minimum Gasteiger partial charge on any atom is -0.481 e. The first kappa shape index (κ1) is 26.4. The number of alkyl halides is 3. The van der Waals surface area contributed by atoms with Gasteiger partial charge in [0.05, 0.1) is 17.2 Å². The van der Waals surface area contributed by atoms with Crippen LogP contribution in [0, 0.1) is 12.8 Å². The molecule has 1 fully saturated rings.